The van der Waals surface area contributed by atoms with E-state index < -0.39 is 4.92 Å². The van der Waals surface area contributed by atoms with E-state index in [4.69, 9.17) is 0 Å². The minimum Gasteiger partial charge on any atom is -0.267 e. The van der Waals surface area contributed by atoms with Gasteiger partial charge in [0, 0.05) is 22.2 Å². The third kappa shape index (κ3) is 2.80. The van der Waals surface area contributed by atoms with Crippen molar-refractivity contribution in [2.24, 2.45) is 0 Å². The highest BCUT2D eigenvalue weighted by atomic mass is 79.9. The predicted molar refractivity (Wildman–Crippen MR) is 102 cm³/mol. The van der Waals surface area contributed by atoms with Crippen LogP contribution in [0, 0.1) is 10.1 Å². The summed E-state index contributed by atoms with van der Waals surface area (Å²) in [7, 11) is 0. The lowest BCUT2D eigenvalue weighted by Crippen LogP contribution is -2.23. The van der Waals surface area contributed by atoms with Gasteiger partial charge in [-0.2, -0.15) is 0 Å². The van der Waals surface area contributed by atoms with Crippen molar-refractivity contribution in [3.63, 3.8) is 0 Å². The molecule has 26 heavy (non-hydrogen) atoms. The van der Waals surface area contributed by atoms with Crippen LogP contribution in [0.15, 0.2) is 57.8 Å². The smallest absolute Gasteiger partial charge is 0.267 e. The molecular formula is C17H9BrN4O3S. The maximum absolute atomic E-state index is 12.8. The van der Waals surface area contributed by atoms with Crippen molar-refractivity contribution in [2.75, 3.05) is 0 Å². The zero-order valence-electron chi connectivity index (χ0n) is 13.0. The molecule has 0 radical (unpaired) electrons. The number of non-ortho nitro benzene ring substituents is 1. The second kappa shape index (κ2) is 6.43. The Morgan fingerprint density at radius 2 is 1.96 bits per heavy atom. The summed E-state index contributed by atoms with van der Waals surface area (Å²) in [5.41, 5.74) is 1.06. The van der Waals surface area contributed by atoms with E-state index in [1.165, 1.54) is 27.9 Å². The number of nitrogens with zero attached hydrogens (tertiary/aromatic N) is 4. The minimum atomic E-state index is -0.467. The van der Waals surface area contributed by atoms with Crippen molar-refractivity contribution in [3.8, 4) is 11.4 Å². The van der Waals surface area contributed by atoms with Gasteiger partial charge < -0.3 is 0 Å². The molecular weight excluding hydrogens is 420 g/mol. The lowest BCUT2D eigenvalue weighted by Gasteiger charge is -1.99. The van der Waals surface area contributed by atoms with E-state index in [0.29, 0.717) is 20.9 Å². The summed E-state index contributed by atoms with van der Waals surface area (Å²) in [5.74, 6) is 0.451. The van der Waals surface area contributed by atoms with Crippen molar-refractivity contribution < 1.29 is 4.92 Å². The number of rotatable bonds is 3. The fraction of sp³-hybridized carbons (Fsp3) is 0. The van der Waals surface area contributed by atoms with Gasteiger partial charge >= 0.3 is 0 Å². The predicted octanol–water partition coefficient (Wildman–Crippen LogP) is 3.04. The molecule has 9 heteroatoms. The van der Waals surface area contributed by atoms with Gasteiger partial charge in [0.1, 0.15) is 0 Å². The number of fused-ring (bicyclic) bond motifs is 1. The molecule has 0 aliphatic rings. The molecule has 0 saturated heterocycles. The summed E-state index contributed by atoms with van der Waals surface area (Å²) in [5, 5.41) is 19.1. The number of aromatic nitrogens is 3. The minimum absolute atomic E-state index is 0.0249. The Kier molecular flexibility index (Phi) is 4.09. The molecule has 0 saturated carbocycles. The second-order valence-electron chi connectivity index (χ2n) is 5.39. The molecule has 2 aromatic carbocycles. The molecule has 0 bridgehead atoms. The SMILES string of the molecule is O=c1/c(=C/c2cccc([N+](=O)[O-])c2)sc2nnc(-c3ccccc3Br)n12. The summed E-state index contributed by atoms with van der Waals surface area (Å²) < 4.78 is 2.70. The second-order valence-corrected chi connectivity index (χ2v) is 7.25. The molecule has 0 fully saturated rings. The molecule has 0 atom stereocenters. The first-order chi connectivity index (χ1) is 12.5. The van der Waals surface area contributed by atoms with E-state index in [1.807, 2.05) is 24.3 Å². The number of hydrogen-bond donors (Lipinski definition) is 0. The van der Waals surface area contributed by atoms with Crippen LogP contribution in [-0.4, -0.2) is 19.5 Å². The summed E-state index contributed by atoms with van der Waals surface area (Å²) >= 11 is 4.65. The monoisotopic (exact) mass is 428 g/mol. The van der Waals surface area contributed by atoms with Crippen molar-refractivity contribution in [1.82, 2.24) is 14.6 Å². The standard InChI is InChI=1S/C17H9BrN4O3S/c18-13-7-2-1-6-12(13)15-19-20-17-21(15)16(23)14(26-17)9-10-4-3-5-11(8-10)22(24)25/h1-9H/b14-9-. The number of halogens is 1. The largest absolute Gasteiger partial charge is 0.276 e. The van der Waals surface area contributed by atoms with Gasteiger partial charge in [-0.1, -0.05) is 57.6 Å². The van der Waals surface area contributed by atoms with E-state index in [2.05, 4.69) is 26.1 Å². The average molecular weight is 429 g/mol. The van der Waals surface area contributed by atoms with E-state index in [9.17, 15) is 14.9 Å². The van der Waals surface area contributed by atoms with Crippen LogP contribution in [0.4, 0.5) is 5.69 Å². The lowest BCUT2D eigenvalue weighted by atomic mass is 10.2. The number of nitro groups is 1. The number of hydrogen-bond acceptors (Lipinski definition) is 6. The Balaban J connectivity index is 1.90. The molecule has 0 aliphatic carbocycles. The van der Waals surface area contributed by atoms with Gasteiger partial charge in [-0.25, -0.2) is 4.40 Å². The molecule has 2 aromatic heterocycles. The van der Waals surface area contributed by atoms with Crippen LogP contribution in [-0.2, 0) is 0 Å². The molecule has 4 rings (SSSR count). The molecule has 128 valence electrons. The molecule has 0 unspecified atom stereocenters. The molecule has 4 aromatic rings. The van der Waals surface area contributed by atoms with Gasteiger partial charge in [0.25, 0.3) is 11.2 Å². The van der Waals surface area contributed by atoms with Crippen LogP contribution in [0.5, 0.6) is 0 Å². The first-order valence-electron chi connectivity index (χ1n) is 7.43. The number of benzene rings is 2. The van der Waals surface area contributed by atoms with Gasteiger partial charge in [-0.15, -0.1) is 10.2 Å². The normalized spacial score (nSPS) is 12.0. The maximum atomic E-state index is 12.8. The Labute approximate surface area is 158 Å². The van der Waals surface area contributed by atoms with Crippen LogP contribution < -0.4 is 10.1 Å². The molecule has 0 amide bonds. The Morgan fingerprint density at radius 1 is 1.15 bits per heavy atom. The van der Waals surface area contributed by atoms with Gasteiger partial charge in [0.05, 0.1) is 9.46 Å². The zero-order valence-corrected chi connectivity index (χ0v) is 15.4. The Bertz CT molecular complexity index is 1260. The summed E-state index contributed by atoms with van der Waals surface area (Å²) in [6.07, 6.45) is 1.62. The third-order valence-electron chi connectivity index (χ3n) is 3.74. The fourth-order valence-electron chi connectivity index (χ4n) is 2.56. The highest BCUT2D eigenvalue weighted by Crippen LogP contribution is 2.26. The Morgan fingerprint density at radius 3 is 2.73 bits per heavy atom. The summed E-state index contributed by atoms with van der Waals surface area (Å²) in [6, 6.07) is 13.6. The number of nitro benzene ring substituents is 1. The van der Waals surface area contributed by atoms with Crippen LogP contribution in [0.2, 0.25) is 0 Å². The van der Waals surface area contributed by atoms with E-state index in [1.54, 1.807) is 18.2 Å². The van der Waals surface area contributed by atoms with E-state index >= 15 is 0 Å². The zero-order chi connectivity index (χ0) is 18.3. The fourth-order valence-corrected chi connectivity index (χ4v) is 3.93. The molecule has 0 aliphatic heterocycles. The van der Waals surface area contributed by atoms with E-state index in [-0.39, 0.29) is 11.2 Å². The van der Waals surface area contributed by atoms with Crippen molar-refractivity contribution in [2.45, 2.75) is 0 Å². The summed E-state index contributed by atoms with van der Waals surface area (Å²) in [4.78, 5) is 23.7. The van der Waals surface area contributed by atoms with Gasteiger partial charge in [0.2, 0.25) is 4.96 Å². The molecule has 0 spiro atoms. The average Bonchev–Trinajstić information content (AvgIpc) is 3.17. The van der Waals surface area contributed by atoms with Gasteiger partial charge in [-0.3, -0.25) is 14.9 Å². The van der Waals surface area contributed by atoms with E-state index in [0.717, 1.165) is 10.0 Å². The van der Waals surface area contributed by atoms with Gasteiger partial charge in [-0.05, 0) is 17.7 Å². The van der Waals surface area contributed by atoms with Crippen LogP contribution >= 0.6 is 27.3 Å². The Hall–Kier alpha value is -2.91. The molecule has 0 N–H and O–H groups in total. The lowest BCUT2D eigenvalue weighted by molar-refractivity contribution is -0.384. The first-order valence-corrected chi connectivity index (χ1v) is 9.04. The highest BCUT2D eigenvalue weighted by Gasteiger charge is 2.16. The molecule has 7 nitrogen and oxygen atoms in total. The summed E-state index contributed by atoms with van der Waals surface area (Å²) in [6.45, 7) is 0. The van der Waals surface area contributed by atoms with Crippen LogP contribution in [0.1, 0.15) is 5.56 Å². The maximum Gasteiger partial charge on any atom is 0.276 e. The van der Waals surface area contributed by atoms with Crippen LogP contribution in [0.25, 0.3) is 22.4 Å². The topological polar surface area (TPSA) is 90.4 Å². The highest BCUT2D eigenvalue weighted by molar-refractivity contribution is 9.10. The first kappa shape index (κ1) is 16.6. The van der Waals surface area contributed by atoms with Crippen LogP contribution in [0.3, 0.4) is 0 Å². The van der Waals surface area contributed by atoms with Crippen molar-refractivity contribution in [1.29, 1.82) is 0 Å². The van der Waals surface area contributed by atoms with Crippen molar-refractivity contribution in [3.05, 3.63) is 83.6 Å². The van der Waals surface area contributed by atoms with Crippen molar-refractivity contribution >= 4 is 44.0 Å². The van der Waals surface area contributed by atoms with Gasteiger partial charge in [0.15, 0.2) is 5.82 Å². The number of thiazole rings is 1. The molecule has 2 heterocycles. The quantitative estimate of drug-likeness (QED) is 0.369. The third-order valence-corrected chi connectivity index (χ3v) is 5.39.